The van der Waals surface area contributed by atoms with E-state index in [0.29, 0.717) is 45.3 Å². The third-order valence-electron chi connectivity index (χ3n) is 6.01. The van der Waals surface area contributed by atoms with Crippen LogP contribution >= 0.6 is 0 Å². The van der Waals surface area contributed by atoms with Gasteiger partial charge in [0.1, 0.15) is 23.0 Å². The fraction of sp³-hybridized carbons (Fsp3) is 0.250. The van der Waals surface area contributed by atoms with Gasteiger partial charge in [-0.25, -0.2) is 4.74 Å². The topological polar surface area (TPSA) is 127 Å². The van der Waals surface area contributed by atoms with Crippen molar-refractivity contribution in [2.75, 3.05) is 0 Å². The Balaban J connectivity index is 1.69. The van der Waals surface area contributed by atoms with E-state index in [0.717, 1.165) is 0 Å². The third kappa shape index (κ3) is 8.43. The van der Waals surface area contributed by atoms with Crippen LogP contribution in [0.1, 0.15) is 36.1 Å². The molecule has 9 nitrogen and oxygen atoms in total. The summed E-state index contributed by atoms with van der Waals surface area (Å²) in [7, 11) is 0. The number of aliphatic hydroxyl groups excluding tert-OH is 4. The van der Waals surface area contributed by atoms with E-state index in [2.05, 4.69) is 0 Å². The minimum absolute atomic E-state index is 0.119. The van der Waals surface area contributed by atoms with Gasteiger partial charge in [0, 0.05) is 13.8 Å². The van der Waals surface area contributed by atoms with Crippen molar-refractivity contribution in [3.63, 3.8) is 0 Å². The van der Waals surface area contributed by atoms with Crippen LogP contribution in [0.5, 0.6) is 23.0 Å². The smallest absolute Gasteiger partial charge is 0.374 e. The molecule has 41 heavy (non-hydrogen) atoms. The second-order valence-corrected chi connectivity index (χ2v) is 9.44. The van der Waals surface area contributed by atoms with E-state index in [1.54, 1.807) is 111 Å². The summed E-state index contributed by atoms with van der Waals surface area (Å²) >= 11 is 0. The lowest BCUT2D eigenvalue weighted by Crippen LogP contribution is -2.54. The Hall–Kier alpha value is -4.12. The van der Waals surface area contributed by atoms with E-state index in [-0.39, 0.29) is 26.4 Å². The van der Waals surface area contributed by atoms with E-state index in [9.17, 15) is 20.4 Å². The zero-order valence-electron chi connectivity index (χ0n) is 22.9. The van der Waals surface area contributed by atoms with Crippen molar-refractivity contribution >= 4 is 0 Å². The van der Waals surface area contributed by atoms with Crippen LogP contribution in [0.3, 0.4) is 0 Å². The molecule has 9 heteroatoms. The average molecular weight is 563 g/mol. The Bertz CT molecular complexity index is 1150. The fourth-order valence-electron chi connectivity index (χ4n) is 3.97. The molecular weight excluding hydrogens is 528 g/mol. The molecule has 0 spiro atoms. The van der Waals surface area contributed by atoms with Gasteiger partial charge in [0.05, 0.1) is 26.4 Å². The first-order valence-electron chi connectivity index (χ1n) is 13.0. The summed E-state index contributed by atoms with van der Waals surface area (Å²) in [6.07, 6.45) is 0. The summed E-state index contributed by atoms with van der Waals surface area (Å²) < 4.78 is 31.2. The van der Waals surface area contributed by atoms with Crippen LogP contribution < -0.4 is 18.9 Å². The number of aliphatic hydroxyl groups is 4. The van der Waals surface area contributed by atoms with E-state index in [1.165, 1.54) is 0 Å². The zero-order chi connectivity index (χ0) is 29.3. The Morgan fingerprint density at radius 2 is 0.585 bits per heavy atom. The number of benzene rings is 4. The Morgan fingerprint density at radius 3 is 0.756 bits per heavy atom. The fourth-order valence-corrected chi connectivity index (χ4v) is 3.97. The molecule has 0 heterocycles. The van der Waals surface area contributed by atoms with Crippen molar-refractivity contribution in [3.8, 4) is 23.0 Å². The normalized spacial score (nSPS) is 11.7. The van der Waals surface area contributed by atoms with Crippen LogP contribution in [0, 0.1) is 0 Å². The highest BCUT2D eigenvalue weighted by atomic mass is 17.0. The molecule has 0 radical (unpaired) electrons. The maximum Gasteiger partial charge on any atom is 0.374 e. The Labute approximate surface area is 238 Å². The van der Waals surface area contributed by atoms with Crippen molar-refractivity contribution in [1.29, 1.82) is 0 Å². The van der Waals surface area contributed by atoms with Crippen molar-refractivity contribution in [2.24, 2.45) is 0 Å². The van der Waals surface area contributed by atoms with Crippen LogP contribution in [0.25, 0.3) is 0 Å². The molecule has 0 saturated heterocycles. The highest BCUT2D eigenvalue weighted by molar-refractivity contribution is 5.31. The molecule has 0 aliphatic rings. The molecule has 0 amide bonds. The standard InChI is InChI=1S/C32H34O9/c1-31(37-27-11-3-23(19-33)4-12-27,38-28-13-5-24(20-34)6-14-28)41-32(2,39-29-15-7-25(21-35)8-16-29)40-30-17-9-26(22-36)10-18-30/h3-18,33-36H,19-22H2,1-2H3. The molecule has 0 aliphatic heterocycles. The molecule has 0 fully saturated rings. The molecule has 4 aromatic carbocycles. The van der Waals surface area contributed by atoms with Crippen LogP contribution in [-0.2, 0) is 31.2 Å². The Morgan fingerprint density at radius 1 is 0.390 bits per heavy atom. The molecule has 4 aromatic rings. The van der Waals surface area contributed by atoms with Gasteiger partial charge in [0.2, 0.25) is 0 Å². The highest BCUT2D eigenvalue weighted by Gasteiger charge is 2.44. The maximum atomic E-state index is 9.43. The van der Waals surface area contributed by atoms with Gasteiger partial charge in [-0.15, -0.1) is 0 Å². The Kier molecular flexibility index (Phi) is 9.82. The zero-order valence-corrected chi connectivity index (χ0v) is 22.9. The lowest BCUT2D eigenvalue weighted by atomic mass is 10.2. The second kappa shape index (κ2) is 13.5. The molecular formula is C32H34O9. The summed E-state index contributed by atoms with van der Waals surface area (Å²) in [5.41, 5.74) is 2.81. The molecule has 0 aromatic heterocycles. The van der Waals surface area contributed by atoms with Crippen molar-refractivity contribution in [3.05, 3.63) is 119 Å². The molecule has 0 unspecified atom stereocenters. The first kappa shape index (κ1) is 29.9. The lowest BCUT2D eigenvalue weighted by molar-refractivity contribution is -0.420. The molecule has 0 saturated carbocycles. The summed E-state index contributed by atoms with van der Waals surface area (Å²) in [5, 5.41) is 37.7. The number of hydrogen-bond donors (Lipinski definition) is 4. The average Bonchev–Trinajstić information content (AvgIpc) is 2.98. The molecule has 4 N–H and O–H groups in total. The monoisotopic (exact) mass is 562 g/mol. The van der Waals surface area contributed by atoms with E-state index >= 15 is 0 Å². The minimum atomic E-state index is -1.83. The van der Waals surface area contributed by atoms with Gasteiger partial charge < -0.3 is 39.4 Å². The molecule has 0 bridgehead atoms. The van der Waals surface area contributed by atoms with E-state index in [4.69, 9.17) is 23.7 Å². The summed E-state index contributed by atoms with van der Waals surface area (Å²) in [6.45, 7) is 2.64. The predicted molar refractivity (Wildman–Crippen MR) is 150 cm³/mol. The van der Waals surface area contributed by atoms with Crippen LogP contribution in [0.15, 0.2) is 97.1 Å². The first-order chi connectivity index (χ1) is 19.7. The third-order valence-corrected chi connectivity index (χ3v) is 6.01. The van der Waals surface area contributed by atoms with Gasteiger partial charge in [-0.3, -0.25) is 0 Å². The molecule has 0 atom stereocenters. The van der Waals surface area contributed by atoms with Gasteiger partial charge >= 0.3 is 11.9 Å². The van der Waals surface area contributed by atoms with Gasteiger partial charge in [0.15, 0.2) is 0 Å². The van der Waals surface area contributed by atoms with Crippen LogP contribution in [-0.4, -0.2) is 32.4 Å². The second-order valence-electron chi connectivity index (χ2n) is 9.44. The summed E-state index contributed by atoms with van der Waals surface area (Å²) in [5.74, 6) is -2.10. The highest BCUT2D eigenvalue weighted by Crippen LogP contribution is 2.33. The largest absolute Gasteiger partial charge is 0.430 e. The van der Waals surface area contributed by atoms with Crippen molar-refractivity contribution in [1.82, 2.24) is 0 Å². The van der Waals surface area contributed by atoms with Gasteiger partial charge in [0.25, 0.3) is 0 Å². The van der Waals surface area contributed by atoms with Crippen LogP contribution in [0.2, 0.25) is 0 Å². The quantitative estimate of drug-likeness (QED) is 0.163. The SMILES string of the molecule is CC(Oc1ccc(CO)cc1)(Oc1ccc(CO)cc1)OC(C)(Oc1ccc(CO)cc1)Oc1ccc(CO)cc1. The first-order valence-corrected chi connectivity index (χ1v) is 13.0. The van der Waals surface area contributed by atoms with E-state index in [1.807, 2.05) is 0 Å². The van der Waals surface area contributed by atoms with Crippen LogP contribution in [0.4, 0.5) is 0 Å². The molecule has 216 valence electrons. The van der Waals surface area contributed by atoms with Gasteiger partial charge in [-0.2, -0.15) is 0 Å². The maximum absolute atomic E-state index is 9.43. The van der Waals surface area contributed by atoms with Crippen molar-refractivity contribution < 1.29 is 44.1 Å². The number of ether oxygens (including phenoxy) is 5. The molecule has 4 rings (SSSR count). The lowest BCUT2D eigenvalue weighted by Gasteiger charge is -2.38. The minimum Gasteiger partial charge on any atom is -0.430 e. The number of rotatable bonds is 14. The van der Waals surface area contributed by atoms with E-state index < -0.39 is 11.9 Å². The van der Waals surface area contributed by atoms with Crippen molar-refractivity contribution in [2.45, 2.75) is 52.2 Å². The van der Waals surface area contributed by atoms with Gasteiger partial charge in [-0.05, 0) is 70.8 Å². The van der Waals surface area contributed by atoms with Gasteiger partial charge in [-0.1, -0.05) is 48.5 Å². The molecule has 0 aliphatic carbocycles. The summed E-state index contributed by atoms with van der Waals surface area (Å²) in [6, 6.07) is 27.1. The number of hydrogen-bond acceptors (Lipinski definition) is 9. The summed E-state index contributed by atoms with van der Waals surface area (Å²) in [4.78, 5) is 0. The predicted octanol–water partition coefficient (Wildman–Crippen LogP) is 4.64.